The van der Waals surface area contributed by atoms with Gasteiger partial charge in [0.2, 0.25) is 0 Å². The number of hydrogen-bond donors (Lipinski definition) is 2. The van der Waals surface area contributed by atoms with E-state index in [4.69, 9.17) is 9.47 Å². The fraction of sp³-hybridized carbons (Fsp3) is 0.400. The Morgan fingerprint density at radius 2 is 1.50 bits per heavy atom. The van der Waals surface area contributed by atoms with E-state index in [1.54, 1.807) is 30.3 Å². The van der Waals surface area contributed by atoms with E-state index < -0.39 is 6.10 Å². The number of benzene rings is 2. The maximum atomic E-state index is 13.2. The minimum absolute atomic E-state index is 0.107. The lowest BCUT2D eigenvalue weighted by Crippen LogP contribution is -2.22. The highest BCUT2D eigenvalue weighted by Gasteiger charge is 2.33. The average molecular weight is 545 g/mol. The van der Waals surface area contributed by atoms with Crippen molar-refractivity contribution in [3.63, 3.8) is 0 Å². The predicted molar refractivity (Wildman–Crippen MR) is 163 cm³/mol. The molecule has 0 aliphatic carbocycles. The average Bonchev–Trinajstić information content (AvgIpc) is 2.88. The number of fused-ring (bicyclic) bond motifs is 1. The van der Waals surface area contributed by atoms with Crippen LogP contribution in [0.15, 0.2) is 76.9 Å². The molecule has 1 atom stereocenters. The zero-order valence-corrected chi connectivity index (χ0v) is 24.8. The summed E-state index contributed by atoms with van der Waals surface area (Å²) in [6.45, 7) is 13.0. The molecule has 0 radical (unpaired) electrons. The van der Waals surface area contributed by atoms with Crippen LogP contribution in [0.1, 0.15) is 101 Å². The molecule has 0 amide bonds. The molecule has 0 fully saturated rings. The molecule has 0 saturated carbocycles. The van der Waals surface area contributed by atoms with Gasteiger partial charge >= 0.3 is 0 Å². The van der Waals surface area contributed by atoms with Crippen LogP contribution in [0.2, 0.25) is 0 Å². The van der Waals surface area contributed by atoms with E-state index in [0.29, 0.717) is 24.5 Å². The van der Waals surface area contributed by atoms with Crippen molar-refractivity contribution in [3.05, 3.63) is 93.6 Å². The Labute approximate surface area is 239 Å². The fourth-order valence-electron chi connectivity index (χ4n) is 4.64. The number of carbonyl (C=O) groups is 1. The lowest BCUT2D eigenvalue weighted by atomic mass is 9.92. The summed E-state index contributed by atoms with van der Waals surface area (Å²) in [5, 5.41) is 20.6. The molecule has 1 heterocycles. The van der Waals surface area contributed by atoms with Crippen LogP contribution in [0.25, 0.3) is 0 Å². The second-order valence-electron chi connectivity index (χ2n) is 11.2. The van der Waals surface area contributed by atoms with Crippen LogP contribution in [0.4, 0.5) is 0 Å². The first-order valence-corrected chi connectivity index (χ1v) is 14.1. The first kappa shape index (κ1) is 30.8. The van der Waals surface area contributed by atoms with Gasteiger partial charge in [0.25, 0.3) is 0 Å². The fourth-order valence-corrected chi connectivity index (χ4v) is 4.64. The van der Waals surface area contributed by atoms with E-state index >= 15 is 0 Å². The van der Waals surface area contributed by atoms with Gasteiger partial charge in [-0.25, -0.2) is 0 Å². The number of aromatic hydroxyl groups is 2. The van der Waals surface area contributed by atoms with Gasteiger partial charge in [0.05, 0.1) is 6.42 Å². The van der Waals surface area contributed by atoms with E-state index in [-0.39, 0.29) is 29.3 Å². The van der Waals surface area contributed by atoms with Gasteiger partial charge < -0.3 is 19.7 Å². The van der Waals surface area contributed by atoms with Crippen LogP contribution in [0.3, 0.4) is 0 Å². The Kier molecular flexibility index (Phi) is 11.2. The predicted octanol–water partition coefficient (Wildman–Crippen LogP) is 9.11. The Morgan fingerprint density at radius 3 is 2.10 bits per heavy atom. The molecule has 1 aliphatic rings. The van der Waals surface area contributed by atoms with Crippen molar-refractivity contribution in [2.45, 2.75) is 86.2 Å². The monoisotopic (exact) mass is 544 g/mol. The first-order valence-electron chi connectivity index (χ1n) is 14.1. The molecule has 2 aromatic rings. The van der Waals surface area contributed by atoms with Crippen molar-refractivity contribution in [1.82, 2.24) is 0 Å². The third kappa shape index (κ3) is 8.90. The number of ketones is 1. The minimum Gasteiger partial charge on any atom is -0.508 e. The number of phenols is 2. The summed E-state index contributed by atoms with van der Waals surface area (Å²) in [6.07, 6.45) is 12.6. The molecule has 0 spiro atoms. The van der Waals surface area contributed by atoms with E-state index in [1.165, 1.54) is 22.3 Å². The van der Waals surface area contributed by atoms with E-state index in [2.05, 4.69) is 65.8 Å². The summed E-state index contributed by atoms with van der Waals surface area (Å²) >= 11 is 0. The molecule has 2 aromatic carbocycles. The normalized spacial score (nSPS) is 15.2. The van der Waals surface area contributed by atoms with Gasteiger partial charge in [-0.2, -0.15) is 0 Å². The Balaban J connectivity index is 1.94. The molecule has 1 unspecified atom stereocenters. The van der Waals surface area contributed by atoms with Crippen LogP contribution in [-0.2, 0) is 6.42 Å². The molecule has 1 aliphatic heterocycles. The molecule has 40 heavy (non-hydrogen) atoms. The number of carbonyl (C=O) groups excluding carboxylic acids is 1. The van der Waals surface area contributed by atoms with Gasteiger partial charge in [0.15, 0.2) is 5.78 Å². The highest BCUT2D eigenvalue weighted by Crippen LogP contribution is 2.46. The van der Waals surface area contributed by atoms with Crippen molar-refractivity contribution >= 4 is 5.78 Å². The summed E-state index contributed by atoms with van der Waals surface area (Å²) in [5.74, 6) is 0.734. The number of ether oxygens (including phenoxy) is 2. The molecule has 5 heteroatoms. The number of rotatable bonds is 12. The highest BCUT2D eigenvalue weighted by atomic mass is 16.5. The largest absolute Gasteiger partial charge is 0.508 e. The molecule has 214 valence electrons. The zero-order chi connectivity index (χ0) is 29.2. The summed E-state index contributed by atoms with van der Waals surface area (Å²) in [6, 6.07) is 8.24. The molecule has 0 bridgehead atoms. The number of allylic oxidation sites excluding steroid dienone is 7. The van der Waals surface area contributed by atoms with Crippen LogP contribution in [-0.4, -0.2) is 22.6 Å². The SMILES string of the molecule is CC(C)=CCCC(C)=CCOc1cc(O)c2c(c1CC=C(C)CCC=C(C)C)OC(c1ccc(O)cc1)CC2=O. The number of Topliss-reactive ketones (excluding diaryl/α,β-unsaturated/α-hetero) is 1. The molecule has 0 saturated heterocycles. The second-order valence-corrected chi connectivity index (χ2v) is 11.2. The van der Waals surface area contributed by atoms with Crippen molar-refractivity contribution in [2.75, 3.05) is 6.61 Å². The molecule has 3 rings (SSSR count). The third-order valence-corrected chi connectivity index (χ3v) is 7.00. The van der Waals surface area contributed by atoms with Gasteiger partial charge in [-0.05, 0) is 97.4 Å². The second kappa shape index (κ2) is 14.6. The first-order chi connectivity index (χ1) is 19.0. The molecular weight excluding hydrogens is 500 g/mol. The topological polar surface area (TPSA) is 76.0 Å². The summed E-state index contributed by atoms with van der Waals surface area (Å²) in [4.78, 5) is 13.2. The number of phenolic OH excluding ortho intramolecular Hbond substituents is 2. The Hall–Kier alpha value is -3.73. The smallest absolute Gasteiger partial charge is 0.174 e. The van der Waals surface area contributed by atoms with Crippen LogP contribution >= 0.6 is 0 Å². The quantitative estimate of drug-likeness (QED) is 0.261. The zero-order valence-electron chi connectivity index (χ0n) is 24.8. The van der Waals surface area contributed by atoms with Crippen LogP contribution in [0.5, 0.6) is 23.0 Å². The van der Waals surface area contributed by atoms with Gasteiger partial charge in [0, 0.05) is 11.6 Å². The third-order valence-electron chi connectivity index (χ3n) is 7.00. The highest BCUT2D eigenvalue weighted by molar-refractivity contribution is 6.03. The van der Waals surface area contributed by atoms with Gasteiger partial charge in [0.1, 0.15) is 41.3 Å². The maximum Gasteiger partial charge on any atom is 0.174 e. The van der Waals surface area contributed by atoms with Crippen LogP contribution in [0, 0.1) is 0 Å². The lowest BCUT2D eigenvalue weighted by molar-refractivity contribution is 0.0842. The van der Waals surface area contributed by atoms with Gasteiger partial charge in [-0.3, -0.25) is 4.79 Å². The standard InChI is InChI=1S/C35H44O5/c1-23(2)9-7-11-25(5)13-18-29-33(39-20-19-26(6)12-8-10-24(3)4)22-31(38)34-30(37)21-32(40-35(29)34)27-14-16-28(36)17-15-27/h9-10,13-17,19,22,32,36,38H,7-8,11-12,18,20-21H2,1-6H3. The maximum absolute atomic E-state index is 13.2. The molecule has 5 nitrogen and oxygen atoms in total. The molecule has 0 aromatic heterocycles. The van der Waals surface area contributed by atoms with Crippen molar-refractivity contribution < 1.29 is 24.5 Å². The molecule has 2 N–H and O–H groups in total. The van der Waals surface area contributed by atoms with E-state index in [9.17, 15) is 15.0 Å². The van der Waals surface area contributed by atoms with Crippen molar-refractivity contribution in [1.29, 1.82) is 0 Å². The van der Waals surface area contributed by atoms with Gasteiger partial charge in [-0.1, -0.05) is 52.7 Å². The molecular formula is C35H44O5. The number of hydrogen-bond acceptors (Lipinski definition) is 5. The van der Waals surface area contributed by atoms with Gasteiger partial charge in [-0.15, -0.1) is 0 Å². The minimum atomic E-state index is -0.519. The summed E-state index contributed by atoms with van der Waals surface area (Å²) in [7, 11) is 0. The van der Waals surface area contributed by atoms with Crippen molar-refractivity contribution in [3.8, 4) is 23.0 Å². The van der Waals surface area contributed by atoms with E-state index in [0.717, 1.165) is 36.8 Å². The van der Waals surface area contributed by atoms with E-state index in [1.807, 2.05) is 0 Å². The summed E-state index contributed by atoms with van der Waals surface area (Å²) < 4.78 is 12.6. The van der Waals surface area contributed by atoms with Crippen LogP contribution < -0.4 is 9.47 Å². The van der Waals surface area contributed by atoms with Crippen molar-refractivity contribution in [2.24, 2.45) is 0 Å². The summed E-state index contributed by atoms with van der Waals surface area (Å²) in [5.41, 5.74) is 6.82. The Bertz CT molecular complexity index is 1300. The lowest BCUT2D eigenvalue weighted by Gasteiger charge is -2.29. The Morgan fingerprint density at radius 1 is 0.900 bits per heavy atom.